The minimum Gasteiger partial charge on any atom is -0.506 e. The van der Waals surface area contributed by atoms with Crippen molar-refractivity contribution in [2.75, 3.05) is 21.5 Å². The Morgan fingerprint density at radius 1 is 0.369 bits per heavy atom. The van der Waals surface area contributed by atoms with Crippen molar-refractivity contribution in [1.29, 1.82) is 0 Å². The van der Waals surface area contributed by atoms with E-state index >= 15 is 0 Å². The number of hydrogen-bond acceptors (Lipinski definition) is 14. The maximum absolute atomic E-state index is 12.9. The number of hydrazone groups is 2. The summed E-state index contributed by atoms with van der Waals surface area (Å²) >= 11 is 0. The molecule has 0 aromatic heterocycles. The molecule has 2 amide bonds. The molecule has 0 saturated carbocycles. The van der Waals surface area contributed by atoms with E-state index in [1.54, 1.807) is 121 Å². The summed E-state index contributed by atoms with van der Waals surface area (Å²) in [6.45, 7) is 0. The average Bonchev–Trinajstić information content (AvgIpc) is 3.68. The molecule has 84 heavy (non-hydrogen) atoms. The van der Waals surface area contributed by atoms with Gasteiger partial charge in [-0.05, 0) is 108 Å². The third-order valence-electron chi connectivity index (χ3n) is 12.4. The van der Waals surface area contributed by atoms with Crippen LogP contribution in [-0.4, -0.2) is 78.7 Å². The van der Waals surface area contributed by atoms with E-state index in [0.29, 0.717) is 44.8 Å². The molecule has 0 saturated heterocycles. The molecule has 0 aliphatic heterocycles. The number of aromatic carboxylic acids is 2. The van der Waals surface area contributed by atoms with Gasteiger partial charge in [-0.3, -0.25) is 39.6 Å². The van der Waals surface area contributed by atoms with Gasteiger partial charge in [-0.15, -0.1) is 0 Å². The van der Waals surface area contributed by atoms with Crippen molar-refractivity contribution in [3.8, 4) is 11.5 Å². The molecule has 0 bridgehead atoms. The number of hydrogen-bond donors (Lipinski definition) is 8. The third-order valence-corrected chi connectivity index (χ3v) is 12.4. The first-order valence-corrected chi connectivity index (χ1v) is 24.2. The van der Waals surface area contributed by atoms with Crippen LogP contribution >= 0.6 is 0 Å². The van der Waals surface area contributed by atoms with Crippen molar-refractivity contribution in [2.45, 2.75) is 0 Å². The number of phenols is 2. The maximum Gasteiger partial charge on any atom is 1.00 e. The number of carbonyl (C=O) groups excluding carboxylic acids is 6. The molecule has 0 unspecified atom stereocenters. The molecule has 10 rings (SSSR count). The summed E-state index contributed by atoms with van der Waals surface area (Å²) in [5.74, 6) is -5.87. The standard InChI is InChI=1S/2C31H21N3O6.Co.3Na/c2*35-25-16-14-18-9-6-12-24(32-30(38)19-7-2-1-3-8-19)27(18)28(25)34-33-23-15-13-20(17-26(23)36)29(37)21-10-4-5-11-22(21)31(39)40;;;;/h2*1-17,33,36H,(H,32,38)(H,39,40);;;;/q;;;3*+1/b2*34-28-;;;;. The van der Waals surface area contributed by atoms with Gasteiger partial charge in [-0.2, -0.15) is 10.2 Å². The smallest absolute Gasteiger partial charge is 0.506 e. The van der Waals surface area contributed by atoms with E-state index in [9.17, 15) is 58.8 Å². The van der Waals surface area contributed by atoms with E-state index in [2.05, 4.69) is 31.7 Å². The molecular weight excluding hydrogens is 1150 g/mol. The van der Waals surface area contributed by atoms with Gasteiger partial charge in [0.15, 0.2) is 11.6 Å². The Morgan fingerprint density at radius 3 is 1.06 bits per heavy atom. The Bertz CT molecular complexity index is 3770. The fourth-order valence-corrected chi connectivity index (χ4v) is 8.49. The summed E-state index contributed by atoms with van der Waals surface area (Å²) in [5, 5.41) is 54.1. The van der Waals surface area contributed by atoms with Crippen LogP contribution in [0.3, 0.4) is 0 Å². The second-order valence-corrected chi connectivity index (χ2v) is 17.5. The Balaban J connectivity index is 0.000000293. The number of carbonyl (C=O) groups is 8. The van der Waals surface area contributed by atoms with Gasteiger partial charge in [0.2, 0.25) is 11.6 Å². The van der Waals surface area contributed by atoms with Gasteiger partial charge in [0, 0.05) is 61.3 Å². The third kappa shape index (κ3) is 15.3. The Labute approximate surface area is 556 Å². The maximum atomic E-state index is 12.9. The fourth-order valence-electron chi connectivity index (χ4n) is 8.49. The van der Waals surface area contributed by atoms with E-state index in [1.165, 1.54) is 84.9 Å². The molecule has 2 aliphatic carbocycles. The number of amides is 2. The quantitative estimate of drug-likeness (QED) is 0.0326. The van der Waals surface area contributed by atoms with Crippen molar-refractivity contribution in [3.05, 3.63) is 261 Å². The van der Waals surface area contributed by atoms with Gasteiger partial charge < -0.3 is 31.1 Å². The molecule has 0 heterocycles. The number of anilines is 4. The van der Waals surface area contributed by atoms with Crippen LogP contribution in [0.4, 0.5) is 22.7 Å². The number of allylic oxidation sites excluding steroid dienone is 2. The van der Waals surface area contributed by atoms with Gasteiger partial charge in [0.25, 0.3) is 11.8 Å². The van der Waals surface area contributed by atoms with Crippen molar-refractivity contribution >= 4 is 93.2 Å². The Hall–Kier alpha value is -8.15. The van der Waals surface area contributed by atoms with Crippen LogP contribution in [0, 0.1) is 0 Å². The van der Waals surface area contributed by atoms with Crippen LogP contribution in [0.15, 0.2) is 204 Å². The van der Waals surface area contributed by atoms with Gasteiger partial charge in [0.05, 0.1) is 33.9 Å². The number of fused-ring (bicyclic) bond motifs is 2. The molecule has 8 N–H and O–H groups in total. The van der Waals surface area contributed by atoms with Crippen LogP contribution in [0.5, 0.6) is 11.5 Å². The van der Waals surface area contributed by atoms with E-state index in [0.717, 1.165) is 0 Å². The second kappa shape index (κ2) is 30.4. The summed E-state index contributed by atoms with van der Waals surface area (Å²) in [4.78, 5) is 100. The summed E-state index contributed by atoms with van der Waals surface area (Å²) in [7, 11) is 0. The number of carboxylic acids is 2. The van der Waals surface area contributed by atoms with Gasteiger partial charge >= 0.3 is 101 Å². The number of rotatable bonds is 14. The molecule has 0 atom stereocenters. The largest absolute Gasteiger partial charge is 1.00 e. The summed E-state index contributed by atoms with van der Waals surface area (Å²) < 4.78 is 0. The van der Waals surface area contributed by atoms with Crippen molar-refractivity contribution in [2.24, 2.45) is 10.2 Å². The molecule has 18 nitrogen and oxygen atoms in total. The van der Waals surface area contributed by atoms with Crippen LogP contribution in [0.1, 0.15) is 95.5 Å². The average molecular weight is 1190 g/mol. The van der Waals surface area contributed by atoms with Crippen molar-refractivity contribution < 1.29 is 164 Å². The SMILES string of the molecule is O=C1C=Cc2cccc(NC(=O)c3ccccc3)c2/C1=N\Nc1ccc(C(=O)c2ccccc2C(=O)O)cc1O.O=C1C=Cc2cccc(NC(=O)c3ccccc3)c2/C1=N\Nc1ccc(C(=O)c2ccccc2C(=O)O)cc1O.[Co].[Na+].[Na+].[Na+]. The topological polar surface area (TPSA) is 290 Å². The molecule has 8 aromatic rings. The first-order chi connectivity index (χ1) is 38.7. The molecule has 0 spiro atoms. The van der Waals surface area contributed by atoms with Crippen LogP contribution in [0.25, 0.3) is 12.2 Å². The zero-order chi connectivity index (χ0) is 56.5. The predicted molar refractivity (Wildman–Crippen MR) is 300 cm³/mol. The van der Waals surface area contributed by atoms with Crippen molar-refractivity contribution in [1.82, 2.24) is 0 Å². The van der Waals surface area contributed by atoms with E-state index < -0.39 is 35.1 Å². The number of aromatic hydroxyl groups is 2. The molecular formula is C62H42CoN6Na3O12+3. The molecule has 22 heteroatoms. The van der Waals surface area contributed by atoms with E-state index in [4.69, 9.17) is 0 Å². The minimum atomic E-state index is -1.24. The predicted octanol–water partition coefficient (Wildman–Crippen LogP) is 0.981. The Morgan fingerprint density at radius 2 is 0.714 bits per heavy atom. The van der Waals surface area contributed by atoms with E-state index in [1.807, 2.05) is 0 Å². The van der Waals surface area contributed by atoms with E-state index in [-0.39, 0.29) is 185 Å². The molecule has 1 radical (unpaired) electrons. The summed E-state index contributed by atoms with van der Waals surface area (Å²) in [6, 6.07) is 47.2. The number of nitrogens with one attached hydrogen (secondary N) is 4. The zero-order valence-corrected chi connectivity index (χ0v) is 52.0. The normalized spacial score (nSPS) is 12.4. The fraction of sp³-hybridized carbons (Fsp3) is 0. The number of phenolic OH excluding ortho intramolecular Hbond substituents is 2. The van der Waals surface area contributed by atoms with Crippen LogP contribution < -0.4 is 110 Å². The number of carboxylic acid groups (broad SMARTS) is 2. The number of benzene rings is 8. The number of nitrogens with zero attached hydrogens (tertiary/aromatic N) is 2. The van der Waals surface area contributed by atoms with Crippen LogP contribution in [0.2, 0.25) is 0 Å². The number of ketones is 4. The van der Waals surface area contributed by atoms with Crippen molar-refractivity contribution in [3.63, 3.8) is 0 Å². The van der Waals surface area contributed by atoms with Gasteiger partial charge in [-0.25, -0.2) is 9.59 Å². The van der Waals surface area contributed by atoms with Gasteiger partial charge in [-0.1, -0.05) is 109 Å². The van der Waals surface area contributed by atoms with Crippen LogP contribution in [-0.2, 0) is 26.4 Å². The molecule has 2 aliphatic rings. The minimum absolute atomic E-state index is 0. The summed E-state index contributed by atoms with van der Waals surface area (Å²) in [6.07, 6.45) is 5.96. The zero-order valence-electron chi connectivity index (χ0n) is 44.9. The first kappa shape index (κ1) is 66.6. The molecule has 0 fully saturated rings. The first-order valence-electron chi connectivity index (χ1n) is 24.2. The molecule has 401 valence electrons. The monoisotopic (exact) mass is 1190 g/mol. The second-order valence-electron chi connectivity index (χ2n) is 17.5. The molecule has 8 aromatic carbocycles. The Kier molecular flexibility index (Phi) is 24.1. The summed E-state index contributed by atoms with van der Waals surface area (Å²) in [5.41, 5.74) is 9.13. The van der Waals surface area contributed by atoms with Gasteiger partial charge in [0.1, 0.15) is 22.9 Å².